The van der Waals surface area contributed by atoms with Gasteiger partial charge in [-0.25, -0.2) is 0 Å². The lowest BCUT2D eigenvalue weighted by Gasteiger charge is -2.26. The molecule has 0 saturated carbocycles. The predicted molar refractivity (Wildman–Crippen MR) is 87.5 cm³/mol. The highest BCUT2D eigenvalue weighted by atomic mass is 79.9. The van der Waals surface area contributed by atoms with Crippen molar-refractivity contribution in [1.29, 1.82) is 0 Å². The van der Waals surface area contributed by atoms with Crippen LogP contribution >= 0.6 is 15.9 Å². The molecule has 0 spiro atoms. The highest BCUT2D eigenvalue weighted by Gasteiger charge is 2.22. The van der Waals surface area contributed by atoms with E-state index in [0.717, 1.165) is 47.5 Å². The van der Waals surface area contributed by atoms with Crippen LogP contribution in [0.2, 0.25) is 0 Å². The first-order chi connectivity index (χ1) is 10.2. The molecule has 0 unspecified atom stereocenters. The summed E-state index contributed by atoms with van der Waals surface area (Å²) in [5.74, 6) is 0.843. The van der Waals surface area contributed by atoms with E-state index in [0.29, 0.717) is 0 Å². The largest absolute Gasteiger partial charge is 0.496 e. The van der Waals surface area contributed by atoms with Gasteiger partial charge in [0.2, 0.25) is 0 Å². The van der Waals surface area contributed by atoms with E-state index in [-0.39, 0.29) is 0 Å². The molecular weight excluding hydrogens is 330 g/mol. The number of H-pyrrole nitrogens is 1. The summed E-state index contributed by atoms with van der Waals surface area (Å²) in [5.41, 5.74) is 4.81. The number of fused-ring (bicyclic) bond motifs is 1. The maximum absolute atomic E-state index is 5.30. The Hall–Kier alpha value is -1.33. The number of nitrogens with one attached hydrogen (secondary N) is 1. The third-order valence-electron chi connectivity index (χ3n) is 3.98. The molecule has 5 heteroatoms. The molecule has 1 aliphatic rings. The summed E-state index contributed by atoms with van der Waals surface area (Å²) in [4.78, 5) is 2.50. The van der Waals surface area contributed by atoms with Gasteiger partial charge in [0.1, 0.15) is 5.75 Å². The molecule has 0 amide bonds. The molecule has 1 aliphatic heterocycles. The normalized spacial score (nSPS) is 15.0. The Morgan fingerprint density at radius 3 is 3.00 bits per heavy atom. The van der Waals surface area contributed by atoms with Gasteiger partial charge in [-0.05, 0) is 47.1 Å². The van der Waals surface area contributed by atoms with E-state index in [9.17, 15) is 0 Å². The molecule has 21 heavy (non-hydrogen) atoms. The van der Waals surface area contributed by atoms with Crippen molar-refractivity contribution in [2.24, 2.45) is 0 Å². The monoisotopic (exact) mass is 349 g/mol. The number of benzene rings is 1. The smallest absolute Gasteiger partial charge is 0.133 e. The van der Waals surface area contributed by atoms with Crippen molar-refractivity contribution >= 4 is 15.9 Å². The van der Waals surface area contributed by atoms with Crippen molar-refractivity contribution < 1.29 is 4.74 Å². The van der Waals surface area contributed by atoms with Crippen LogP contribution in [0.5, 0.6) is 5.75 Å². The molecule has 1 N–H and O–H groups in total. The Kier molecular flexibility index (Phi) is 4.31. The number of aromatic amines is 1. The number of hydrogen-bond donors (Lipinski definition) is 1. The van der Waals surface area contributed by atoms with E-state index in [1.165, 1.54) is 17.7 Å². The third-order valence-corrected chi connectivity index (χ3v) is 4.60. The first-order valence-electron chi connectivity index (χ1n) is 7.35. The molecular formula is C16H20BrN3O. The maximum atomic E-state index is 5.30. The number of aromatic nitrogens is 2. The molecule has 0 aliphatic carbocycles. The molecule has 1 aromatic carbocycles. The molecule has 0 fully saturated rings. The molecule has 0 radical (unpaired) electrons. The zero-order valence-electron chi connectivity index (χ0n) is 12.4. The van der Waals surface area contributed by atoms with Crippen molar-refractivity contribution in [3.8, 4) is 17.0 Å². The van der Waals surface area contributed by atoms with Crippen molar-refractivity contribution in [1.82, 2.24) is 15.1 Å². The quantitative estimate of drug-likeness (QED) is 0.916. The van der Waals surface area contributed by atoms with E-state index in [2.05, 4.69) is 50.1 Å². The fourth-order valence-corrected chi connectivity index (χ4v) is 3.45. The Labute approximate surface area is 133 Å². The lowest BCUT2D eigenvalue weighted by Crippen LogP contribution is -2.31. The van der Waals surface area contributed by atoms with E-state index < -0.39 is 0 Å². The molecule has 3 rings (SSSR count). The summed E-state index contributed by atoms with van der Waals surface area (Å²) in [6.07, 6.45) is 2.25. The Bertz CT molecular complexity index is 638. The fraction of sp³-hybridized carbons (Fsp3) is 0.438. The second-order valence-electron chi connectivity index (χ2n) is 5.40. The van der Waals surface area contributed by atoms with Gasteiger partial charge in [-0.2, -0.15) is 5.10 Å². The van der Waals surface area contributed by atoms with Crippen molar-refractivity contribution in [2.75, 3.05) is 20.2 Å². The van der Waals surface area contributed by atoms with Crippen LogP contribution in [0.4, 0.5) is 0 Å². The summed E-state index contributed by atoms with van der Waals surface area (Å²) in [6, 6.07) is 6.12. The van der Waals surface area contributed by atoms with Gasteiger partial charge in [-0.1, -0.05) is 6.92 Å². The van der Waals surface area contributed by atoms with Crippen LogP contribution in [0.25, 0.3) is 11.3 Å². The number of methoxy groups -OCH3 is 1. The average Bonchev–Trinajstić information content (AvgIpc) is 2.90. The Morgan fingerprint density at radius 2 is 2.29 bits per heavy atom. The number of rotatable bonds is 4. The van der Waals surface area contributed by atoms with Gasteiger partial charge >= 0.3 is 0 Å². The Morgan fingerprint density at radius 1 is 1.43 bits per heavy atom. The number of ether oxygens (including phenoxy) is 1. The van der Waals surface area contributed by atoms with Crippen molar-refractivity contribution in [2.45, 2.75) is 26.3 Å². The van der Waals surface area contributed by atoms with Crippen LogP contribution in [-0.2, 0) is 13.0 Å². The molecule has 0 saturated heterocycles. The SMILES string of the molecule is CCCN1CCc2[nH]nc(-c3ccc(OC)c(Br)c3)c2C1. The highest BCUT2D eigenvalue weighted by molar-refractivity contribution is 9.10. The molecule has 4 nitrogen and oxygen atoms in total. The van der Waals surface area contributed by atoms with Crippen LogP contribution in [0.1, 0.15) is 24.6 Å². The van der Waals surface area contributed by atoms with Crippen molar-refractivity contribution in [3.05, 3.63) is 33.9 Å². The summed E-state index contributed by atoms with van der Waals surface area (Å²) < 4.78 is 6.25. The molecule has 1 aromatic heterocycles. The van der Waals surface area contributed by atoms with Crippen LogP contribution < -0.4 is 4.74 Å². The van der Waals surface area contributed by atoms with Gasteiger partial charge in [0.15, 0.2) is 0 Å². The van der Waals surface area contributed by atoms with Gasteiger partial charge in [0.05, 0.1) is 17.3 Å². The third kappa shape index (κ3) is 2.85. The lowest BCUT2D eigenvalue weighted by molar-refractivity contribution is 0.254. The second-order valence-corrected chi connectivity index (χ2v) is 6.26. The van der Waals surface area contributed by atoms with Gasteiger partial charge < -0.3 is 4.74 Å². The molecule has 112 valence electrons. The summed E-state index contributed by atoms with van der Waals surface area (Å²) in [6.45, 7) is 5.48. The predicted octanol–water partition coefficient (Wildman–Crippen LogP) is 3.62. The van der Waals surface area contributed by atoms with Gasteiger partial charge in [-0.3, -0.25) is 10.00 Å². The van der Waals surface area contributed by atoms with Crippen LogP contribution in [-0.4, -0.2) is 35.3 Å². The zero-order chi connectivity index (χ0) is 14.8. The first kappa shape index (κ1) is 14.6. The Balaban J connectivity index is 1.94. The lowest BCUT2D eigenvalue weighted by atomic mass is 10.0. The van der Waals surface area contributed by atoms with Gasteiger partial charge in [0, 0.05) is 36.3 Å². The molecule has 0 bridgehead atoms. The van der Waals surface area contributed by atoms with Crippen molar-refractivity contribution in [3.63, 3.8) is 0 Å². The van der Waals surface area contributed by atoms with Crippen LogP contribution in [0.15, 0.2) is 22.7 Å². The first-order valence-corrected chi connectivity index (χ1v) is 8.14. The number of hydrogen-bond acceptors (Lipinski definition) is 3. The van der Waals surface area contributed by atoms with Gasteiger partial charge in [-0.15, -0.1) is 0 Å². The summed E-state index contributed by atoms with van der Waals surface area (Å²) in [5, 5.41) is 7.76. The highest BCUT2D eigenvalue weighted by Crippen LogP contribution is 2.33. The van der Waals surface area contributed by atoms with E-state index in [1.807, 2.05) is 6.07 Å². The zero-order valence-corrected chi connectivity index (χ0v) is 14.0. The minimum Gasteiger partial charge on any atom is -0.496 e. The summed E-state index contributed by atoms with van der Waals surface area (Å²) >= 11 is 3.55. The fourth-order valence-electron chi connectivity index (χ4n) is 2.91. The van der Waals surface area contributed by atoms with Crippen LogP contribution in [0, 0.1) is 0 Å². The van der Waals surface area contributed by atoms with E-state index in [4.69, 9.17) is 4.74 Å². The number of halogens is 1. The number of nitrogens with zero attached hydrogens (tertiary/aromatic N) is 2. The second kappa shape index (κ2) is 6.20. The maximum Gasteiger partial charge on any atom is 0.133 e. The minimum atomic E-state index is 0.843. The minimum absolute atomic E-state index is 0.843. The van der Waals surface area contributed by atoms with Crippen LogP contribution in [0.3, 0.4) is 0 Å². The molecule has 2 aromatic rings. The van der Waals surface area contributed by atoms with E-state index >= 15 is 0 Å². The van der Waals surface area contributed by atoms with E-state index in [1.54, 1.807) is 7.11 Å². The standard InChI is InChI=1S/C16H20BrN3O/c1-3-7-20-8-6-14-12(10-20)16(19-18-14)11-4-5-15(21-2)13(17)9-11/h4-5,9H,3,6-8,10H2,1-2H3,(H,18,19). The molecule has 0 atom stereocenters. The van der Waals surface area contributed by atoms with Gasteiger partial charge in [0.25, 0.3) is 0 Å². The topological polar surface area (TPSA) is 41.2 Å². The summed E-state index contributed by atoms with van der Waals surface area (Å²) in [7, 11) is 1.68. The average molecular weight is 350 g/mol. The molecule has 2 heterocycles.